The molecular weight excluding hydrogens is 229 g/mol. The smallest absolute Gasteiger partial charge is 0.123 e. The van der Waals surface area contributed by atoms with Crippen LogP contribution in [0.4, 0.5) is 4.39 Å². The number of hydrogen-bond donors (Lipinski definition) is 2. The number of nitrogens with two attached hydrogens (primary N) is 1. The Labute approximate surface area is 101 Å². The second kappa shape index (κ2) is 5.51. The predicted octanol–water partition coefficient (Wildman–Crippen LogP) is 3.14. The molecule has 0 amide bonds. The first-order valence-corrected chi connectivity index (χ1v) is 5.42. The van der Waals surface area contributed by atoms with Gasteiger partial charge in [-0.2, -0.15) is 0 Å². The minimum atomic E-state index is -0.337. The summed E-state index contributed by atoms with van der Waals surface area (Å²) in [6.07, 6.45) is 4.54. The van der Waals surface area contributed by atoms with Gasteiger partial charge in [0.25, 0.3) is 0 Å². The van der Waals surface area contributed by atoms with E-state index in [1.54, 1.807) is 0 Å². The molecule has 16 heavy (non-hydrogen) atoms. The molecule has 0 unspecified atom stereocenters. The molecule has 0 saturated heterocycles. The number of halogens is 2. The SMILES string of the molecule is Cl.N[C@H](c1cc(F)ccc1O)C1CCCC1. The van der Waals surface area contributed by atoms with Crippen molar-refractivity contribution in [3.8, 4) is 5.75 Å². The number of phenolic OH excluding ortho intramolecular Hbond substituents is 1. The quantitative estimate of drug-likeness (QED) is 0.841. The zero-order chi connectivity index (χ0) is 10.8. The normalized spacial score (nSPS) is 18.1. The molecule has 0 radical (unpaired) electrons. The highest BCUT2D eigenvalue weighted by Crippen LogP contribution is 2.37. The Bertz CT molecular complexity index is 353. The molecule has 0 aliphatic heterocycles. The minimum absolute atomic E-state index is 0. The summed E-state index contributed by atoms with van der Waals surface area (Å²) in [5.74, 6) is 0.157. The van der Waals surface area contributed by atoms with Gasteiger partial charge in [-0.3, -0.25) is 0 Å². The van der Waals surface area contributed by atoms with E-state index in [9.17, 15) is 9.50 Å². The van der Waals surface area contributed by atoms with E-state index < -0.39 is 0 Å². The van der Waals surface area contributed by atoms with E-state index in [1.165, 1.54) is 31.0 Å². The van der Waals surface area contributed by atoms with E-state index in [2.05, 4.69) is 0 Å². The summed E-state index contributed by atoms with van der Waals surface area (Å²) >= 11 is 0. The maximum Gasteiger partial charge on any atom is 0.123 e. The molecule has 2 nitrogen and oxygen atoms in total. The highest BCUT2D eigenvalue weighted by molar-refractivity contribution is 5.85. The summed E-state index contributed by atoms with van der Waals surface area (Å²) in [6, 6.07) is 3.74. The second-order valence-corrected chi connectivity index (χ2v) is 4.27. The van der Waals surface area contributed by atoms with E-state index in [1.807, 2.05) is 0 Å². The largest absolute Gasteiger partial charge is 0.508 e. The Morgan fingerprint density at radius 2 is 1.94 bits per heavy atom. The lowest BCUT2D eigenvalue weighted by molar-refractivity contribution is 0.410. The molecule has 3 N–H and O–H groups in total. The number of rotatable bonds is 2. The van der Waals surface area contributed by atoms with Crippen LogP contribution in [0.3, 0.4) is 0 Å². The Morgan fingerprint density at radius 3 is 2.56 bits per heavy atom. The second-order valence-electron chi connectivity index (χ2n) is 4.27. The first kappa shape index (κ1) is 13.3. The van der Waals surface area contributed by atoms with Crippen molar-refractivity contribution in [2.75, 3.05) is 0 Å². The zero-order valence-corrected chi connectivity index (χ0v) is 9.84. The number of hydrogen-bond acceptors (Lipinski definition) is 2. The van der Waals surface area contributed by atoms with Gasteiger partial charge >= 0.3 is 0 Å². The topological polar surface area (TPSA) is 46.2 Å². The van der Waals surface area contributed by atoms with Gasteiger partial charge in [-0.25, -0.2) is 4.39 Å². The summed E-state index contributed by atoms with van der Waals surface area (Å²) in [7, 11) is 0. The standard InChI is InChI=1S/C12H16FNO.ClH/c13-9-5-6-11(15)10(7-9)12(14)8-3-1-2-4-8;/h5-8,12,15H,1-4,14H2;1H/t12-;/m0./s1. The van der Waals surface area contributed by atoms with Gasteiger partial charge in [0.05, 0.1) is 0 Å². The maximum atomic E-state index is 13.0. The Hall–Kier alpha value is -0.800. The molecule has 0 aromatic heterocycles. The Balaban J connectivity index is 0.00000128. The zero-order valence-electron chi connectivity index (χ0n) is 9.03. The number of phenols is 1. The summed E-state index contributed by atoms with van der Waals surface area (Å²) in [5.41, 5.74) is 6.59. The molecule has 0 bridgehead atoms. The lowest BCUT2D eigenvalue weighted by Crippen LogP contribution is -2.19. The Kier molecular flexibility index (Phi) is 4.56. The van der Waals surface area contributed by atoms with Crippen molar-refractivity contribution in [1.82, 2.24) is 0 Å². The van der Waals surface area contributed by atoms with Crippen molar-refractivity contribution < 1.29 is 9.50 Å². The average Bonchev–Trinajstić information content (AvgIpc) is 2.74. The van der Waals surface area contributed by atoms with E-state index in [4.69, 9.17) is 5.73 Å². The molecule has 4 heteroatoms. The van der Waals surface area contributed by atoms with Crippen molar-refractivity contribution in [3.63, 3.8) is 0 Å². The van der Waals surface area contributed by atoms with Crippen LogP contribution in [0.15, 0.2) is 18.2 Å². The maximum absolute atomic E-state index is 13.0. The monoisotopic (exact) mass is 245 g/mol. The van der Waals surface area contributed by atoms with Gasteiger partial charge in [-0.15, -0.1) is 12.4 Å². The van der Waals surface area contributed by atoms with Crippen LogP contribution in [-0.4, -0.2) is 5.11 Å². The third kappa shape index (κ3) is 2.66. The van der Waals surface area contributed by atoms with Crippen LogP contribution in [-0.2, 0) is 0 Å². The highest BCUT2D eigenvalue weighted by Gasteiger charge is 2.25. The molecule has 1 fully saturated rings. The molecule has 0 spiro atoms. The molecule has 1 saturated carbocycles. The molecule has 2 rings (SSSR count). The molecule has 1 aliphatic carbocycles. The third-order valence-corrected chi connectivity index (χ3v) is 3.26. The van der Waals surface area contributed by atoms with Crippen molar-refractivity contribution in [2.24, 2.45) is 11.7 Å². The van der Waals surface area contributed by atoms with Crippen LogP contribution < -0.4 is 5.73 Å². The first-order chi connectivity index (χ1) is 7.18. The van der Waals surface area contributed by atoms with E-state index in [0.717, 1.165) is 12.8 Å². The van der Waals surface area contributed by atoms with Crippen LogP contribution in [0.1, 0.15) is 37.3 Å². The first-order valence-electron chi connectivity index (χ1n) is 5.42. The molecule has 90 valence electrons. The van der Waals surface area contributed by atoms with Crippen molar-refractivity contribution in [3.05, 3.63) is 29.6 Å². The number of benzene rings is 1. The third-order valence-electron chi connectivity index (χ3n) is 3.26. The van der Waals surface area contributed by atoms with Gasteiger partial charge in [-0.05, 0) is 37.0 Å². The van der Waals surface area contributed by atoms with Gasteiger partial charge in [0.15, 0.2) is 0 Å². The molecule has 1 atom stereocenters. The lowest BCUT2D eigenvalue weighted by Gasteiger charge is -2.20. The van der Waals surface area contributed by atoms with Crippen LogP contribution in [0.25, 0.3) is 0 Å². The van der Waals surface area contributed by atoms with Gasteiger partial charge in [-0.1, -0.05) is 12.8 Å². The van der Waals surface area contributed by atoms with Gasteiger partial charge in [0, 0.05) is 11.6 Å². The summed E-state index contributed by atoms with van der Waals surface area (Å²) in [6.45, 7) is 0. The summed E-state index contributed by atoms with van der Waals surface area (Å²) in [5, 5.41) is 9.62. The fourth-order valence-corrected chi connectivity index (χ4v) is 2.36. The Morgan fingerprint density at radius 1 is 1.31 bits per heavy atom. The van der Waals surface area contributed by atoms with Crippen molar-refractivity contribution in [2.45, 2.75) is 31.7 Å². The van der Waals surface area contributed by atoms with Crippen LogP contribution in [0, 0.1) is 11.7 Å². The minimum Gasteiger partial charge on any atom is -0.508 e. The van der Waals surface area contributed by atoms with Gasteiger partial charge in [0.1, 0.15) is 11.6 Å². The predicted molar refractivity (Wildman–Crippen MR) is 64.2 cm³/mol. The lowest BCUT2D eigenvalue weighted by atomic mass is 9.92. The highest BCUT2D eigenvalue weighted by atomic mass is 35.5. The van der Waals surface area contributed by atoms with E-state index >= 15 is 0 Å². The van der Waals surface area contributed by atoms with Crippen molar-refractivity contribution >= 4 is 12.4 Å². The van der Waals surface area contributed by atoms with Gasteiger partial charge in [0.2, 0.25) is 0 Å². The fraction of sp³-hybridized carbons (Fsp3) is 0.500. The van der Waals surface area contributed by atoms with Crippen molar-refractivity contribution in [1.29, 1.82) is 0 Å². The van der Waals surface area contributed by atoms with Gasteiger partial charge < -0.3 is 10.8 Å². The average molecular weight is 246 g/mol. The summed E-state index contributed by atoms with van der Waals surface area (Å²) < 4.78 is 13.0. The fourth-order valence-electron chi connectivity index (χ4n) is 2.36. The molecular formula is C12H17ClFNO. The molecule has 1 aromatic carbocycles. The molecule has 0 heterocycles. The van der Waals surface area contributed by atoms with E-state index in [0.29, 0.717) is 11.5 Å². The summed E-state index contributed by atoms with van der Waals surface area (Å²) in [4.78, 5) is 0. The van der Waals surface area contributed by atoms with Crippen LogP contribution in [0.5, 0.6) is 5.75 Å². The van der Waals surface area contributed by atoms with Crippen LogP contribution in [0.2, 0.25) is 0 Å². The van der Waals surface area contributed by atoms with E-state index in [-0.39, 0.29) is 30.0 Å². The molecule has 1 aliphatic rings. The number of aromatic hydroxyl groups is 1. The molecule has 1 aromatic rings. The van der Waals surface area contributed by atoms with Crippen LogP contribution >= 0.6 is 12.4 Å².